The molecule has 1 aliphatic carbocycles. The number of nitrogens with zero attached hydrogens (tertiary/aromatic N) is 5. The van der Waals surface area contributed by atoms with Gasteiger partial charge in [0.2, 0.25) is 0 Å². The molecule has 4 fully saturated rings. The molecule has 3 aliphatic heterocycles. The van der Waals surface area contributed by atoms with Crippen LogP contribution in [0, 0.1) is 0 Å². The van der Waals surface area contributed by atoms with Crippen molar-refractivity contribution in [1.82, 2.24) is 20.3 Å². The number of anilines is 4. The minimum absolute atomic E-state index is 0.416. The fourth-order valence-electron chi connectivity index (χ4n) is 5.03. The van der Waals surface area contributed by atoms with E-state index < -0.39 is 6.17 Å². The third-order valence-corrected chi connectivity index (χ3v) is 6.80. The topological polar surface area (TPSA) is 69.2 Å². The number of piperazine rings is 1. The van der Waals surface area contributed by atoms with Gasteiger partial charge in [-0.3, -0.25) is 4.98 Å². The van der Waals surface area contributed by atoms with Crippen LogP contribution in [0.25, 0.3) is 0 Å². The van der Waals surface area contributed by atoms with Crippen LogP contribution in [-0.2, 0) is 0 Å². The second-order valence-electron chi connectivity index (χ2n) is 9.13. The second kappa shape index (κ2) is 7.34. The molecule has 6 rings (SSSR count). The third-order valence-electron chi connectivity index (χ3n) is 6.80. The molecule has 0 amide bonds. The second-order valence-corrected chi connectivity index (χ2v) is 9.13. The van der Waals surface area contributed by atoms with Gasteiger partial charge in [-0.2, -0.15) is 0 Å². The average molecular weight is 410 g/mol. The maximum atomic E-state index is 14.1. The first-order chi connectivity index (χ1) is 14.7. The number of piperidine rings is 1. The Morgan fingerprint density at radius 3 is 2.70 bits per heavy atom. The summed E-state index contributed by atoms with van der Waals surface area (Å²) < 4.78 is 14.1. The summed E-state index contributed by atoms with van der Waals surface area (Å²) in [4.78, 5) is 18.5. The molecular weight excluding hydrogens is 381 g/mol. The van der Waals surface area contributed by atoms with Crippen LogP contribution in [0.3, 0.4) is 0 Å². The van der Waals surface area contributed by atoms with Crippen LogP contribution in [-0.4, -0.2) is 59.4 Å². The zero-order chi connectivity index (χ0) is 20.1. The predicted molar refractivity (Wildman–Crippen MR) is 115 cm³/mol. The molecule has 0 aromatic carbocycles. The van der Waals surface area contributed by atoms with Crippen molar-refractivity contribution in [2.75, 3.05) is 41.3 Å². The van der Waals surface area contributed by atoms with Crippen molar-refractivity contribution < 1.29 is 4.39 Å². The average Bonchev–Trinajstić information content (AvgIpc) is 3.40. The largest absolute Gasteiger partial charge is 0.365 e. The molecule has 7 nitrogen and oxygen atoms in total. The first-order valence-electron chi connectivity index (χ1n) is 11.2. The molecular formula is C22H28FN7. The van der Waals surface area contributed by atoms with E-state index in [1.807, 2.05) is 6.20 Å². The van der Waals surface area contributed by atoms with E-state index in [1.54, 1.807) is 6.20 Å². The zero-order valence-electron chi connectivity index (χ0n) is 17.1. The van der Waals surface area contributed by atoms with Gasteiger partial charge in [0.25, 0.3) is 0 Å². The maximum Gasteiger partial charge on any atom is 0.150 e. The summed E-state index contributed by atoms with van der Waals surface area (Å²) in [5, 5.41) is 6.90. The van der Waals surface area contributed by atoms with Crippen LogP contribution >= 0.6 is 0 Å². The van der Waals surface area contributed by atoms with E-state index in [-0.39, 0.29) is 0 Å². The quantitative estimate of drug-likeness (QED) is 0.787. The summed E-state index contributed by atoms with van der Waals surface area (Å²) in [6, 6.07) is 5.31. The molecule has 4 aliphatic rings. The van der Waals surface area contributed by atoms with Crippen molar-refractivity contribution in [3.8, 4) is 0 Å². The molecule has 2 N–H and O–H groups in total. The van der Waals surface area contributed by atoms with E-state index in [4.69, 9.17) is 4.98 Å². The van der Waals surface area contributed by atoms with Crippen LogP contribution in [0.15, 0.2) is 24.5 Å². The number of aromatic nitrogens is 3. The van der Waals surface area contributed by atoms with Gasteiger partial charge in [-0.05, 0) is 32.1 Å². The van der Waals surface area contributed by atoms with Gasteiger partial charge in [-0.1, -0.05) is 0 Å². The van der Waals surface area contributed by atoms with Crippen LogP contribution < -0.4 is 20.4 Å². The molecule has 3 unspecified atom stereocenters. The van der Waals surface area contributed by atoms with Gasteiger partial charge in [0.1, 0.15) is 23.6 Å². The molecule has 0 spiro atoms. The number of hydrogen-bond donors (Lipinski definition) is 2. The summed E-state index contributed by atoms with van der Waals surface area (Å²) in [6.07, 6.45) is 8.00. The van der Waals surface area contributed by atoms with Crippen LogP contribution in [0.5, 0.6) is 0 Å². The van der Waals surface area contributed by atoms with Crippen molar-refractivity contribution >= 4 is 23.1 Å². The normalized spacial score (nSPS) is 28.2. The number of fused-ring (bicyclic) bond motifs is 2. The summed E-state index contributed by atoms with van der Waals surface area (Å²) in [5.41, 5.74) is 2.23. The first kappa shape index (κ1) is 18.3. The van der Waals surface area contributed by atoms with Gasteiger partial charge >= 0.3 is 0 Å². The van der Waals surface area contributed by atoms with E-state index in [0.29, 0.717) is 36.8 Å². The Morgan fingerprint density at radius 1 is 1.07 bits per heavy atom. The number of hydrogen-bond acceptors (Lipinski definition) is 7. The molecule has 1 saturated carbocycles. The van der Waals surface area contributed by atoms with E-state index in [2.05, 4.69) is 42.5 Å². The Labute approximate surface area is 176 Å². The highest BCUT2D eigenvalue weighted by Gasteiger charge is 2.38. The van der Waals surface area contributed by atoms with Crippen LogP contribution in [0.1, 0.15) is 43.7 Å². The van der Waals surface area contributed by atoms with Crippen LogP contribution in [0.2, 0.25) is 0 Å². The van der Waals surface area contributed by atoms with Gasteiger partial charge in [0.05, 0.1) is 24.6 Å². The van der Waals surface area contributed by atoms with Crippen molar-refractivity contribution in [1.29, 1.82) is 0 Å². The molecule has 8 heteroatoms. The van der Waals surface area contributed by atoms with Gasteiger partial charge < -0.3 is 20.4 Å². The lowest BCUT2D eigenvalue weighted by atomic mass is 10.1. The van der Waals surface area contributed by atoms with E-state index in [9.17, 15) is 4.39 Å². The van der Waals surface area contributed by atoms with Crippen LogP contribution in [0.4, 0.5) is 27.5 Å². The van der Waals surface area contributed by atoms with E-state index in [0.717, 1.165) is 49.1 Å². The van der Waals surface area contributed by atoms with Crippen molar-refractivity contribution in [3.05, 3.63) is 30.2 Å². The first-order valence-corrected chi connectivity index (χ1v) is 11.2. The monoisotopic (exact) mass is 409 g/mol. The number of pyridine rings is 1. The Bertz CT molecular complexity index is 916. The van der Waals surface area contributed by atoms with Crippen molar-refractivity contribution in [2.24, 2.45) is 0 Å². The molecule has 30 heavy (non-hydrogen) atoms. The molecule has 0 radical (unpaired) electrons. The highest BCUT2D eigenvalue weighted by molar-refractivity contribution is 5.66. The molecule has 3 saturated heterocycles. The van der Waals surface area contributed by atoms with Gasteiger partial charge in [0, 0.05) is 55.5 Å². The third kappa shape index (κ3) is 3.57. The number of nitrogens with one attached hydrogen (secondary N) is 2. The highest BCUT2D eigenvalue weighted by Crippen LogP contribution is 2.39. The van der Waals surface area contributed by atoms with Gasteiger partial charge in [-0.15, -0.1) is 0 Å². The highest BCUT2D eigenvalue weighted by atomic mass is 19.1. The number of rotatable bonds is 5. The minimum atomic E-state index is -0.784. The van der Waals surface area contributed by atoms with E-state index in [1.165, 1.54) is 19.3 Å². The Morgan fingerprint density at radius 2 is 2.00 bits per heavy atom. The van der Waals surface area contributed by atoms with E-state index >= 15 is 0 Å². The van der Waals surface area contributed by atoms with Gasteiger partial charge in [0.15, 0.2) is 0 Å². The maximum absolute atomic E-state index is 14.1. The Kier molecular flexibility index (Phi) is 4.48. The van der Waals surface area contributed by atoms with Crippen molar-refractivity contribution in [3.63, 3.8) is 0 Å². The summed E-state index contributed by atoms with van der Waals surface area (Å²) in [7, 11) is 0. The molecule has 2 aromatic rings. The fraction of sp³-hybridized carbons (Fsp3) is 0.591. The molecule has 3 atom stereocenters. The summed E-state index contributed by atoms with van der Waals surface area (Å²) in [5.74, 6) is 2.87. The lowest BCUT2D eigenvalue weighted by Gasteiger charge is -2.33. The SMILES string of the molecule is FC1CCCN(c2cc(N3CC4CC3CN4)cc(Nc3cnc(C4CC4)cn3)n2)C1. The smallest absolute Gasteiger partial charge is 0.150 e. The zero-order valence-corrected chi connectivity index (χ0v) is 17.1. The number of halogens is 1. The van der Waals surface area contributed by atoms with Crippen molar-refractivity contribution in [2.45, 2.75) is 56.3 Å². The molecule has 2 bridgehead atoms. The van der Waals surface area contributed by atoms with Gasteiger partial charge in [-0.25, -0.2) is 14.4 Å². The fourth-order valence-corrected chi connectivity index (χ4v) is 5.03. The molecule has 2 aromatic heterocycles. The lowest BCUT2D eigenvalue weighted by molar-refractivity contribution is 0.286. The predicted octanol–water partition coefficient (Wildman–Crippen LogP) is 2.98. The minimum Gasteiger partial charge on any atom is -0.365 e. The lowest BCUT2D eigenvalue weighted by Crippen LogP contribution is -2.44. The molecule has 5 heterocycles. The number of alkyl halides is 1. The molecule has 158 valence electrons. The Hall–Kier alpha value is -2.48. The Balaban J connectivity index is 1.30. The summed E-state index contributed by atoms with van der Waals surface area (Å²) >= 11 is 0. The summed E-state index contributed by atoms with van der Waals surface area (Å²) in [6.45, 7) is 3.30. The standard InChI is InChI=1S/C22H28FN7/c23-15-2-1-5-29(12-15)22-8-17(30-13-16-6-18(30)9-24-16)7-20(28-22)27-21-11-25-19(10-26-21)14-3-4-14/h7-8,10-11,14-16,18,24H,1-6,9,12-13H2,(H,26,27,28).